The molecule has 0 amide bonds. The highest BCUT2D eigenvalue weighted by Crippen LogP contribution is 2.19. The number of hydrogen-bond acceptors (Lipinski definition) is 5. The first-order chi connectivity index (χ1) is 13.2. The molecule has 4 atom stereocenters. The van der Waals surface area contributed by atoms with Gasteiger partial charge in [-0.05, 0) is 25.7 Å². The zero-order valence-electron chi connectivity index (χ0n) is 17.2. The summed E-state index contributed by atoms with van der Waals surface area (Å²) in [6.45, 7) is 2.55. The Hall–Kier alpha value is -0.460. The first kappa shape index (κ1) is 24.6. The lowest BCUT2D eigenvalue weighted by atomic mass is 10.0. The molecule has 160 valence electrons. The van der Waals surface area contributed by atoms with Crippen LogP contribution in [0.3, 0.4) is 0 Å². The lowest BCUT2D eigenvalue weighted by Crippen LogP contribution is -2.55. The summed E-state index contributed by atoms with van der Waals surface area (Å²) in [6, 6.07) is 0. The van der Waals surface area contributed by atoms with Gasteiger partial charge in [0.15, 0.2) is 0 Å². The van der Waals surface area contributed by atoms with Gasteiger partial charge in [-0.15, -0.1) is 0 Å². The van der Waals surface area contributed by atoms with E-state index in [1.165, 1.54) is 57.8 Å². The van der Waals surface area contributed by atoms with Crippen LogP contribution in [0.15, 0.2) is 12.2 Å². The molecule has 1 aliphatic heterocycles. The van der Waals surface area contributed by atoms with E-state index in [1.54, 1.807) is 0 Å². The van der Waals surface area contributed by atoms with Crippen molar-refractivity contribution in [3.05, 3.63) is 12.2 Å². The molecule has 0 aromatic heterocycles. The Kier molecular flexibility index (Phi) is 15.0. The van der Waals surface area contributed by atoms with Crippen molar-refractivity contribution in [2.45, 2.75) is 108 Å². The van der Waals surface area contributed by atoms with Gasteiger partial charge < -0.3 is 24.8 Å². The molecule has 0 aliphatic carbocycles. The summed E-state index contributed by atoms with van der Waals surface area (Å²) in [6.07, 6.45) is 16.4. The summed E-state index contributed by atoms with van der Waals surface area (Å²) in [5, 5.41) is 29.1. The number of rotatable bonds is 16. The SMILES string of the molecule is CC/C=C/CCCCCCCCCCCCO[C@H]1[C@H](O)[C@@H](CO)OC[C@@H]1O. The Bertz CT molecular complexity index is 361. The number of ether oxygens (including phenoxy) is 2. The minimum absolute atomic E-state index is 0.0996. The van der Waals surface area contributed by atoms with E-state index in [-0.39, 0.29) is 13.2 Å². The van der Waals surface area contributed by atoms with Crippen LogP contribution >= 0.6 is 0 Å². The molecule has 3 N–H and O–H groups in total. The summed E-state index contributed by atoms with van der Waals surface area (Å²) in [7, 11) is 0. The number of aliphatic hydroxyl groups excluding tert-OH is 3. The molecular formula is C22H42O5. The molecule has 5 nitrogen and oxygen atoms in total. The van der Waals surface area contributed by atoms with Crippen molar-refractivity contribution in [1.82, 2.24) is 0 Å². The van der Waals surface area contributed by atoms with Crippen LogP contribution in [0.4, 0.5) is 0 Å². The second-order valence-corrected chi connectivity index (χ2v) is 7.65. The van der Waals surface area contributed by atoms with Crippen molar-refractivity contribution >= 4 is 0 Å². The molecule has 0 aromatic carbocycles. The smallest absolute Gasteiger partial charge is 0.114 e. The number of aliphatic hydroxyl groups is 3. The van der Waals surface area contributed by atoms with E-state index in [4.69, 9.17) is 14.6 Å². The normalized spacial score (nSPS) is 26.1. The van der Waals surface area contributed by atoms with E-state index in [0.717, 1.165) is 19.3 Å². The van der Waals surface area contributed by atoms with Gasteiger partial charge in [-0.1, -0.05) is 70.4 Å². The summed E-state index contributed by atoms with van der Waals surface area (Å²) in [4.78, 5) is 0. The van der Waals surface area contributed by atoms with Gasteiger partial charge in [-0.3, -0.25) is 0 Å². The Morgan fingerprint density at radius 1 is 0.889 bits per heavy atom. The average molecular weight is 387 g/mol. The van der Waals surface area contributed by atoms with Crippen molar-refractivity contribution in [2.24, 2.45) is 0 Å². The first-order valence-corrected chi connectivity index (χ1v) is 11.1. The molecule has 0 radical (unpaired) electrons. The van der Waals surface area contributed by atoms with Crippen LogP contribution < -0.4 is 0 Å². The summed E-state index contributed by atoms with van der Waals surface area (Å²) < 4.78 is 10.8. The fourth-order valence-electron chi connectivity index (χ4n) is 3.51. The topological polar surface area (TPSA) is 79.2 Å². The van der Waals surface area contributed by atoms with E-state index >= 15 is 0 Å². The molecule has 5 heteroatoms. The van der Waals surface area contributed by atoms with Crippen molar-refractivity contribution in [3.63, 3.8) is 0 Å². The molecule has 1 aliphatic rings. The van der Waals surface area contributed by atoms with Gasteiger partial charge >= 0.3 is 0 Å². The summed E-state index contributed by atoms with van der Waals surface area (Å²) >= 11 is 0. The average Bonchev–Trinajstić information content (AvgIpc) is 2.67. The van der Waals surface area contributed by atoms with Crippen molar-refractivity contribution in [3.8, 4) is 0 Å². The lowest BCUT2D eigenvalue weighted by molar-refractivity contribution is -0.210. The van der Waals surface area contributed by atoms with Gasteiger partial charge in [0, 0.05) is 6.61 Å². The molecule has 0 unspecified atom stereocenters. The molecule has 0 aromatic rings. The van der Waals surface area contributed by atoms with Gasteiger partial charge in [0.05, 0.1) is 13.2 Å². The standard InChI is InChI=1S/C22H42O5/c1-2-3-4-5-6-7-8-9-10-11-12-13-14-15-16-26-22-19(24)18-27-20(17-23)21(22)25/h3-4,19-25H,2,5-18H2,1H3/b4-3+/t19-,20+,21+,22+/m0/s1. The lowest BCUT2D eigenvalue weighted by Gasteiger charge is -2.37. The van der Waals surface area contributed by atoms with Crippen LogP contribution in [0.25, 0.3) is 0 Å². The van der Waals surface area contributed by atoms with E-state index < -0.39 is 24.4 Å². The third kappa shape index (κ3) is 11.2. The van der Waals surface area contributed by atoms with E-state index in [0.29, 0.717) is 6.61 Å². The Morgan fingerprint density at radius 2 is 1.48 bits per heavy atom. The highest BCUT2D eigenvalue weighted by atomic mass is 16.6. The van der Waals surface area contributed by atoms with Crippen LogP contribution in [0.5, 0.6) is 0 Å². The van der Waals surface area contributed by atoms with E-state index in [1.807, 2.05) is 0 Å². The molecular weight excluding hydrogens is 344 g/mol. The number of hydrogen-bond donors (Lipinski definition) is 3. The molecule has 0 bridgehead atoms. The van der Waals surface area contributed by atoms with Crippen molar-refractivity contribution < 1.29 is 24.8 Å². The Labute approximate surface area is 165 Å². The van der Waals surface area contributed by atoms with Crippen LogP contribution in [0, 0.1) is 0 Å². The maximum absolute atomic E-state index is 10.0. The maximum atomic E-state index is 10.0. The fraction of sp³-hybridized carbons (Fsp3) is 0.909. The molecule has 1 heterocycles. The van der Waals surface area contributed by atoms with Gasteiger partial charge in [0.1, 0.15) is 24.4 Å². The molecule has 1 fully saturated rings. The predicted molar refractivity (Wildman–Crippen MR) is 109 cm³/mol. The number of unbranched alkanes of at least 4 members (excludes halogenated alkanes) is 10. The minimum Gasteiger partial charge on any atom is -0.394 e. The van der Waals surface area contributed by atoms with Gasteiger partial charge in [-0.2, -0.15) is 0 Å². The van der Waals surface area contributed by atoms with E-state index in [2.05, 4.69) is 19.1 Å². The van der Waals surface area contributed by atoms with Crippen molar-refractivity contribution in [2.75, 3.05) is 19.8 Å². The number of allylic oxidation sites excluding steroid dienone is 2. The van der Waals surface area contributed by atoms with Gasteiger partial charge in [0.25, 0.3) is 0 Å². The third-order valence-electron chi connectivity index (χ3n) is 5.24. The maximum Gasteiger partial charge on any atom is 0.114 e. The van der Waals surface area contributed by atoms with Gasteiger partial charge in [0.2, 0.25) is 0 Å². The molecule has 1 saturated heterocycles. The highest BCUT2D eigenvalue weighted by molar-refractivity contribution is 4.87. The fourth-order valence-corrected chi connectivity index (χ4v) is 3.51. The largest absolute Gasteiger partial charge is 0.394 e. The second-order valence-electron chi connectivity index (χ2n) is 7.65. The van der Waals surface area contributed by atoms with Gasteiger partial charge in [-0.25, -0.2) is 0 Å². The summed E-state index contributed by atoms with van der Waals surface area (Å²) in [5.74, 6) is 0. The predicted octanol–water partition coefficient (Wildman–Crippen LogP) is 3.74. The molecule has 0 spiro atoms. The van der Waals surface area contributed by atoms with Crippen LogP contribution in [-0.2, 0) is 9.47 Å². The third-order valence-corrected chi connectivity index (χ3v) is 5.24. The monoisotopic (exact) mass is 386 g/mol. The zero-order valence-corrected chi connectivity index (χ0v) is 17.2. The quantitative estimate of drug-likeness (QED) is 0.278. The van der Waals surface area contributed by atoms with E-state index in [9.17, 15) is 10.2 Å². The van der Waals surface area contributed by atoms with Crippen LogP contribution in [0.1, 0.15) is 84.0 Å². The Morgan fingerprint density at radius 3 is 2.07 bits per heavy atom. The molecule has 1 rings (SSSR count). The van der Waals surface area contributed by atoms with Crippen LogP contribution in [-0.4, -0.2) is 59.6 Å². The molecule has 0 saturated carbocycles. The highest BCUT2D eigenvalue weighted by Gasteiger charge is 2.38. The van der Waals surface area contributed by atoms with Crippen molar-refractivity contribution in [1.29, 1.82) is 0 Å². The summed E-state index contributed by atoms with van der Waals surface area (Å²) in [5.41, 5.74) is 0. The zero-order chi connectivity index (χ0) is 19.7. The minimum atomic E-state index is -0.971. The molecule has 27 heavy (non-hydrogen) atoms. The van der Waals surface area contributed by atoms with Crippen LogP contribution in [0.2, 0.25) is 0 Å². The second kappa shape index (κ2) is 16.5. The Balaban J connectivity index is 1.88. The first-order valence-electron chi connectivity index (χ1n) is 11.1.